The van der Waals surface area contributed by atoms with Crippen LogP contribution in [0.5, 0.6) is 0 Å². The second kappa shape index (κ2) is 17.1. The van der Waals surface area contributed by atoms with Gasteiger partial charge in [0.05, 0.1) is 11.5 Å². The lowest BCUT2D eigenvalue weighted by atomic mass is 9.89. The van der Waals surface area contributed by atoms with E-state index in [0.717, 1.165) is 37.6 Å². The van der Waals surface area contributed by atoms with Crippen molar-refractivity contribution in [3.05, 3.63) is 90.1 Å². The van der Waals surface area contributed by atoms with Crippen LogP contribution in [0, 0.1) is 11.8 Å². The first kappa shape index (κ1) is 31.9. The molecule has 5 aliphatic rings. The second-order valence-corrected chi connectivity index (χ2v) is 16.0. The van der Waals surface area contributed by atoms with Crippen molar-refractivity contribution < 1.29 is 9.14 Å². The molecule has 2 fully saturated rings. The van der Waals surface area contributed by atoms with Crippen LogP contribution in [0.1, 0.15) is 69.8 Å². The Morgan fingerprint density at radius 1 is 0.727 bits per heavy atom. The molecule has 2 aliphatic carbocycles. The molecule has 0 spiro atoms. The molecule has 236 valence electrons. The summed E-state index contributed by atoms with van der Waals surface area (Å²) in [4.78, 5) is 5.21. The fraction of sp³-hybridized carbons (Fsp3) is 0.579. The molecule has 1 aromatic rings. The zero-order valence-electron chi connectivity index (χ0n) is 26.8. The van der Waals surface area contributed by atoms with Gasteiger partial charge >= 0.3 is 0 Å². The average molecular weight is 631 g/mol. The van der Waals surface area contributed by atoms with Crippen molar-refractivity contribution >= 4 is 27.8 Å². The first-order chi connectivity index (χ1) is 21.8. The molecule has 0 bridgehead atoms. The Hall–Kier alpha value is -2.02. The van der Waals surface area contributed by atoms with Gasteiger partial charge in [0.15, 0.2) is 31.7 Å². The summed E-state index contributed by atoms with van der Waals surface area (Å²) in [7, 11) is 4.03. The van der Waals surface area contributed by atoms with Crippen LogP contribution >= 0.6 is 21.6 Å². The number of hydrogen-bond donors (Lipinski definition) is 0. The molecule has 3 unspecified atom stereocenters. The summed E-state index contributed by atoms with van der Waals surface area (Å²) in [6, 6.07) is 5.28. The van der Waals surface area contributed by atoms with E-state index in [1.54, 1.807) is 0 Å². The van der Waals surface area contributed by atoms with Gasteiger partial charge in [-0.25, -0.2) is 9.14 Å². The van der Waals surface area contributed by atoms with Gasteiger partial charge in [0, 0.05) is 43.4 Å². The molecule has 0 radical (unpaired) electrons. The molecule has 0 saturated carbocycles. The maximum absolute atomic E-state index is 2.65. The van der Waals surface area contributed by atoms with E-state index < -0.39 is 0 Å². The Balaban J connectivity index is 0.784. The van der Waals surface area contributed by atoms with Gasteiger partial charge in [0.25, 0.3) is 0 Å². The standard InChI is InChI=1S/C38H54N4S2/c1-2-22-41(21-1)37-13-9-33(10-14-37)5-7-35-17-25-39(26-18-35)29-31-43-44-32-30-40-27-19-36(20-28-40)8-6-34-11-15-38(16-12-34)42-23-3-4-24-42/h9-11,13,15-19,25-28,34,36-37H,1-8,12,14,20-24,29-32H2/q+2. The fourth-order valence-electron chi connectivity index (χ4n) is 7.21. The molecule has 6 rings (SSSR count). The molecule has 0 amide bonds. The smallest absolute Gasteiger partial charge is 0.169 e. The minimum Gasteiger partial charge on any atom is -0.372 e. The predicted molar refractivity (Wildman–Crippen MR) is 190 cm³/mol. The van der Waals surface area contributed by atoms with Crippen molar-refractivity contribution in [2.45, 2.75) is 83.2 Å². The summed E-state index contributed by atoms with van der Waals surface area (Å²) in [5.74, 6) is 3.76. The number of likely N-dealkylation sites (tertiary alicyclic amines) is 2. The fourth-order valence-corrected chi connectivity index (χ4v) is 9.17. The maximum Gasteiger partial charge on any atom is 0.169 e. The molecule has 6 heteroatoms. The summed E-state index contributed by atoms with van der Waals surface area (Å²) in [6.07, 6.45) is 40.4. The summed E-state index contributed by atoms with van der Waals surface area (Å²) >= 11 is 0. The van der Waals surface area contributed by atoms with E-state index in [-0.39, 0.29) is 0 Å². The number of hydrogen-bond acceptors (Lipinski definition) is 4. The summed E-state index contributed by atoms with van der Waals surface area (Å²) in [6.45, 7) is 7.26. The van der Waals surface area contributed by atoms with Crippen LogP contribution in [0.4, 0.5) is 0 Å². The van der Waals surface area contributed by atoms with Crippen LogP contribution in [-0.4, -0.2) is 70.9 Å². The lowest BCUT2D eigenvalue weighted by molar-refractivity contribution is -0.692. The summed E-state index contributed by atoms with van der Waals surface area (Å²) < 4.78 is 4.75. The van der Waals surface area contributed by atoms with Gasteiger partial charge in [0.1, 0.15) is 6.21 Å². The maximum atomic E-state index is 2.65. The quantitative estimate of drug-likeness (QED) is 0.113. The highest BCUT2D eigenvalue weighted by Crippen LogP contribution is 2.28. The molecule has 44 heavy (non-hydrogen) atoms. The van der Waals surface area contributed by atoms with Crippen molar-refractivity contribution in [3.8, 4) is 0 Å². The van der Waals surface area contributed by atoms with E-state index in [0.29, 0.717) is 12.0 Å². The van der Waals surface area contributed by atoms with E-state index in [1.807, 2.05) is 21.6 Å². The third-order valence-corrected chi connectivity index (χ3v) is 12.5. The molecule has 3 atom stereocenters. The van der Waals surface area contributed by atoms with Gasteiger partial charge in [-0.2, -0.15) is 0 Å². The molecule has 4 heterocycles. The van der Waals surface area contributed by atoms with Crippen molar-refractivity contribution in [1.29, 1.82) is 0 Å². The highest BCUT2D eigenvalue weighted by molar-refractivity contribution is 8.76. The number of aromatic nitrogens is 1. The van der Waals surface area contributed by atoms with Gasteiger partial charge in [-0.05, 0) is 107 Å². The minimum absolute atomic E-state index is 0.645. The van der Waals surface area contributed by atoms with E-state index in [1.165, 1.54) is 107 Å². The van der Waals surface area contributed by atoms with Crippen LogP contribution in [0.15, 0.2) is 84.5 Å². The molecular formula is C38H54N4S2+2. The highest BCUT2D eigenvalue weighted by atomic mass is 33.1. The average Bonchev–Trinajstić information content (AvgIpc) is 3.82. The van der Waals surface area contributed by atoms with E-state index in [4.69, 9.17) is 0 Å². The van der Waals surface area contributed by atoms with Gasteiger partial charge in [0.2, 0.25) is 0 Å². The van der Waals surface area contributed by atoms with E-state index in [9.17, 15) is 0 Å². The summed E-state index contributed by atoms with van der Waals surface area (Å²) in [5.41, 5.74) is 4.44. The van der Waals surface area contributed by atoms with Crippen molar-refractivity contribution in [3.63, 3.8) is 0 Å². The molecule has 0 aromatic carbocycles. The van der Waals surface area contributed by atoms with Crippen LogP contribution in [0.25, 0.3) is 0 Å². The number of nitrogens with zero attached hydrogens (tertiary/aromatic N) is 4. The summed E-state index contributed by atoms with van der Waals surface area (Å²) in [5, 5.41) is 0. The van der Waals surface area contributed by atoms with Crippen molar-refractivity contribution in [1.82, 2.24) is 9.80 Å². The lowest BCUT2D eigenvalue weighted by Gasteiger charge is -2.26. The van der Waals surface area contributed by atoms with Crippen molar-refractivity contribution in [2.75, 3.05) is 44.2 Å². The monoisotopic (exact) mass is 630 g/mol. The zero-order chi connectivity index (χ0) is 29.8. The Bertz CT molecular complexity index is 1230. The molecule has 2 saturated heterocycles. The number of pyridine rings is 1. The molecule has 1 aromatic heterocycles. The SMILES string of the molecule is C1=CC(N2CCCC2)CC=C1CCc1cc[n+](CCSSCC[N+]2=CCC(CCC3C=CC(N4CCCC4)=CC3)C=C2)cc1. The second-order valence-electron chi connectivity index (χ2n) is 13.3. The first-order valence-electron chi connectivity index (χ1n) is 17.5. The van der Waals surface area contributed by atoms with Gasteiger partial charge < -0.3 is 4.90 Å². The predicted octanol–water partition coefficient (Wildman–Crippen LogP) is 7.59. The number of allylic oxidation sites excluding steroid dienone is 6. The molecular weight excluding hydrogens is 577 g/mol. The Morgan fingerprint density at radius 3 is 2.16 bits per heavy atom. The van der Waals surface area contributed by atoms with Crippen molar-refractivity contribution in [2.24, 2.45) is 11.8 Å². The highest BCUT2D eigenvalue weighted by Gasteiger charge is 2.21. The van der Waals surface area contributed by atoms with Crippen LogP contribution in [0.3, 0.4) is 0 Å². The zero-order valence-corrected chi connectivity index (χ0v) is 28.4. The Kier molecular flexibility index (Phi) is 12.4. The first-order valence-corrected chi connectivity index (χ1v) is 20.0. The largest absolute Gasteiger partial charge is 0.372 e. The molecule has 3 aliphatic heterocycles. The van der Waals surface area contributed by atoms with Gasteiger partial charge in [-0.3, -0.25) is 4.90 Å². The number of aryl methyl sites for hydroxylation is 2. The topological polar surface area (TPSA) is 13.4 Å². The van der Waals surface area contributed by atoms with Crippen LogP contribution < -0.4 is 4.57 Å². The van der Waals surface area contributed by atoms with Crippen LogP contribution in [0.2, 0.25) is 0 Å². The molecule has 0 N–H and O–H groups in total. The van der Waals surface area contributed by atoms with Gasteiger partial charge in [-0.1, -0.05) is 57.5 Å². The number of rotatable bonds is 15. The van der Waals surface area contributed by atoms with E-state index >= 15 is 0 Å². The van der Waals surface area contributed by atoms with Crippen LogP contribution in [-0.2, 0) is 13.0 Å². The third kappa shape index (κ3) is 9.74. The Morgan fingerprint density at radius 2 is 1.48 bits per heavy atom. The minimum atomic E-state index is 0.645. The van der Waals surface area contributed by atoms with E-state index in [2.05, 4.69) is 98.4 Å². The normalized spacial score (nSPS) is 25.4. The molecule has 4 nitrogen and oxygen atoms in total. The third-order valence-electron chi connectivity index (χ3n) is 10.1. The van der Waals surface area contributed by atoms with Gasteiger partial charge in [-0.15, -0.1) is 0 Å². The Labute approximate surface area is 275 Å². The lowest BCUT2D eigenvalue weighted by Crippen LogP contribution is -2.33.